The van der Waals surface area contributed by atoms with Crippen LogP contribution in [-0.2, 0) is 13.2 Å². The Morgan fingerprint density at radius 1 is 0.808 bits per heavy atom. The summed E-state index contributed by atoms with van der Waals surface area (Å²) in [6.07, 6.45) is 0. The summed E-state index contributed by atoms with van der Waals surface area (Å²) in [6.45, 7) is 2.93. The second kappa shape index (κ2) is 9.18. The molecule has 0 heterocycles. The van der Waals surface area contributed by atoms with Crippen LogP contribution in [0.5, 0.6) is 5.75 Å². The van der Waals surface area contributed by atoms with Gasteiger partial charge in [-0.25, -0.2) is 0 Å². The highest BCUT2D eigenvalue weighted by Gasteiger charge is 2.06. The van der Waals surface area contributed by atoms with Crippen molar-refractivity contribution in [2.24, 2.45) is 5.73 Å². The van der Waals surface area contributed by atoms with Crippen LogP contribution in [0.15, 0.2) is 78.9 Å². The van der Waals surface area contributed by atoms with Crippen LogP contribution in [-0.4, -0.2) is 25.0 Å². The van der Waals surface area contributed by atoms with E-state index in [4.69, 9.17) is 10.5 Å². The van der Waals surface area contributed by atoms with Crippen molar-refractivity contribution in [2.75, 3.05) is 20.1 Å². The number of hydrogen-bond acceptors (Lipinski definition) is 3. The van der Waals surface area contributed by atoms with Crippen molar-refractivity contribution in [1.29, 1.82) is 0 Å². The zero-order valence-corrected chi connectivity index (χ0v) is 15.3. The molecular formula is C23H26N2O. The highest BCUT2D eigenvalue weighted by molar-refractivity contribution is 5.63. The molecule has 0 spiro atoms. The molecule has 26 heavy (non-hydrogen) atoms. The molecule has 134 valence electrons. The molecule has 3 rings (SSSR count). The van der Waals surface area contributed by atoms with Crippen molar-refractivity contribution in [3.05, 3.63) is 90.0 Å². The topological polar surface area (TPSA) is 38.5 Å². The van der Waals surface area contributed by atoms with Crippen LogP contribution < -0.4 is 10.5 Å². The van der Waals surface area contributed by atoms with E-state index in [0.717, 1.165) is 24.4 Å². The van der Waals surface area contributed by atoms with Gasteiger partial charge < -0.3 is 15.4 Å². The van der Waals surface area contributed by atoms with Gasteiger partial charge in [-0.15, -0.1) is 0 Å². The summed E-state index contributed by atoms with van der Waals surface area (Å²) in [6, 6.07) is 27.2. The van der Waals surface area contributed by atoms with Gasteiger partial charge in [0.05, 0.1) is 0 Å². The van der Waals surface area contributed by atoms with Gasteiger partial charge in [-0.3, -0.25) is 0 Å². The van der Waals surface area contributed by atoms with E-state index < -0.39 is 0 Å². The maximum atomic E-state index is 6.09. The molecule has 0 aliphatic carbocycles. The zero-order chi connectivity index (χ0) is 18.2. The summed E-state index contributed by atoms with van der Waals surface area (Å²) < 4.78 is 6.09. The molecule has 2 N–H and O–H groups in total. The number of nitrogens with zero attached hydrogens (tertiary/aromatic N) is 1. The van der Waals surface area contributed by atoms with Crippen LogP contribution in [0.25, 0.3) is 11.1 Å². The molecule has 0 saturated carbocycles. The van der Waals surface area contributed by atoms with E-state index in [0.29, 0.717) is 13.2 Å². The normalized spacial score (nSPS) is 10.9. The SMILES string of the molecule is CN(CCN)Cc1ccccc1OCc1ccc(-c2ccccc2)cc1. The highest BCUT2D eigenvalue weighted by atomic mass is 16.5. The van der Waals surface area contributed by atoms with Gasteiger partial charge in [-0.2, -0.15) is 0 Å². The van der Waals surface area contributed by atoms with Crippen molar-refractivity contribution >= 4 is 0 Å². The minimum absolute atomic E-state index is 0.562. The molecule has 3 aromatic carbocycles. The van der Waals surface area contributed by atoms with Crippen molar-refractivity contribution < 1.29 is 4.74 Å². The lowest BCUT2D eigenvalue weighted by atomic mass is 10.0. The second-order valence-corrected chi connectivity index (χ2v) is 6.49. The quantitative estimate of drug-likeness (QED) is 0.660. The Labute approximate surface area is 156 Å². The van der Waals surface area contributed by atoms with E-state index in [2.05, 4.69) is 66.5 Å². The van der Waals surface area contributed by atoms with Crippen molar-refractivity contribution in [3.63, 3.8) is 0 Å². The van der Waals surface area contributed by atoms with E-state index >= 15 is 0 Å². The molecule has 0 amide bonds. The fourth-order valence-corrected chi connectivity index (χ4v) is 2.95. The Hall–Kier alpha value is -2.62. The van der Waals surface area contributed by atoms with E-state index in [1.807, 2.05) is 24.3 Å². The number of hydrogen-bond donors (Lipinski definition) is 1. The van der Waals surface area contributed by atoms with Gasteiger partial charge >= 0.3 is 0 Å². The Morgan fingerprint density at radius 3 is 2.19 bits per heavy atom. The third-order valence-electron chi connectivity index (χ3n) is 4.38. The molecule has 0 bridgehead atoms. The Kier molecular flexibility index (Phi) is 6.42. The van der Waals surface area contributed by atoms with E-state index in [1.54, 1.807) is 0 Å². The van der Waals surface area contributed by atoms with Gasteiger partial charge in [0.1, 0.15) is 12.4 Å². The maximum Gasteiger partial charge on any atom is 0.124 e. The summed E-state index contributed by atoms with van der Waals surface area (Å²) in [5, 5.41) is 0. The molecule has 0 saturated heterocycles. The molecule has 0 radical (unpaired) electrons. The van der Waals surface area contributed by atoms with E-state index in [9.17, 15) is 0 Å². The molecule has 3 heteroatoms. The number of nitrogens with two attached hydrogens (primary N) is 1. The largest absolute Gasteiger partial charge is 0.489 e. The van der Waals surface area contributed by atoms with Crippen LogP contribution in [0.4, 0.5) is 0 Å². The molecule has 0 atom stereocenters. The third-order valence-corrected chi connectivity index (χ3v) is 4.38. The lowest BCUT2D eigenvalue weighted by Gasteiger charge is -2.18. The van der Waals surface area contributed by atoms with Gasteiger partial charge in [-0.05, 0) is 29.8 Å². The Morgan fingerprint density at radius 2 is 1.46 bits per heavy atom. The van der Waals surface area contributed by atoms with Gasteiger partial charge in [0, 0.05) is 25.2 Å². The highest BCUT2D eigenvalue weighted by Crippen LogP contribution is 2.22. The van der Waals surface area contributed by atoms with Gasteiger partial charge in [0.25, 0.3) is 0 Å². The summed E-state index contributed by atoms with van der Waals surface area (Å²) >= 11 is 0. The summed E-state index contributed by atoms with van der Waals surface area (Å²) in [5.74, 6) is 0.934. The lowest BCUT2D eigenvalue weighted by molar-refractivity contribution is 0.287. The molecule has 0 fully saturated rings. The minimum atomic E-state index is 0.562. The van der Waals surface area contributed by atoms with E-state index in [1.165, 1.54) is 16.7 Å². The molecular weight excluding hydrogens is 320 g/mol. The number of rotatable bonds is 8. The van der Waals surface area contributed by atoms with E-state index in [-0.39, 0.29) is 0 Å². The van der Waals surface area contributed by atoms with Crippen LogP contribution >= 0.6 is 0 Å². The average molecular weight is 346 g/mol. The number of para-hydroxylation sites is 1. The summed E-state index contributed by atoms with van der Waals surface area (Å²) in [4.78, 5) is 2.21. The van der Waals surface area contributed by atoms with Gasteiger partial charge in [0.15, 0.2) is 0 Å². The predicted molar refractivity (Wildman–Crippen MR) is 108 cm³/mol. The number of ether oxygens (including phenoxy) is 1. The Bertz CT molecular complexity index is 800. The fourth-order valence-electron chi connectivity index (χ4n) is 2.95. The predicted octanol–water partition coefficient (Wildman–Crippen LogP) is 4.32. The third kappa shape index (κ3) is 4.94. The maximum absolute atomic E-state index is 6.09. The van der Waals surface area contributed by atoms with Crippen LogP contribution in [0.1, 0.15) is 11.1 Å². The molecule has 0 aromatic heterocycles. The smallest absolute Gasteiger partial charge is 0.124 e. The van der Waals surface area contributed by atoms with Crippen LogP contribution in [0.3, 0.4) is 0 Å². The first-order valence-electron chi connectivity index (χ1n) is 9.00. The number of benzene rings is 3. The lowest BCUT2D eigenvalue weighted by Crippen LogP contribution is -2.25. The first-order chi connectivity index (χ1) is 12.8. The van der Waals surface area contributed by atoms with Crippen molar-refractivity contribution in [3.8, 4) is 16.9 Å². The van der Waals surface area contributed by atoms with Crippen molar-refractivity contribution in [1.82, 2.24) is 4.90 Å². The second-order valence-electron chi connectivity index (χ2n) is 6.49. The van der Waals surface area contributed by atoms with Crippen molar-refractivity contribution in [2.45, 2.75) is 13.2 Å². The van der Waals surface area contributed by atoms with Gasteiger partial charge in [-0.1, -0.05) is 72.8 Å². The monoisotopic (exact) mass is 346 g/mol. The van der Waals surface area contributed by atoms with Crippen LogP contribution in [0.2, 0.25) is 0 Å². The molecule has 0 aliphatic rings. The molecule has 3 aromatic rings. The molecule has 0 aliphatic heterocycles. The molecule has 3 nitrogen and oxygen atoms in total. The fraction of sp³-hybridized carbons (Fsp3) is 0.217. The van der Waals surface area contributed by atoms with Gasteiger partial charge in [0.2, 0.25) is 0 Å². The first-order valence-corrected chi connectivity index (χ1v) is 9.00. The Balaban J connectivity index is 1.64. The average Bonchev–Trinajstić information content (AvgIpc) is 2.69. The molecule has 0 unspecified atom stereocenters. The minimum Gasteiger partial charge on any atom is -0.489 e. The summed E-state index contributed by atoms with van der Waals surface area (Å²) in [7, 11) is 2.08. The van der Waals surface area contributed by atoms with Crippen LogP contribution in [0, 0.1) is 0 Å². The number of likely N-dealkylation sites (N-methyl/N-ethyl adjacent to an activating group) is 1. The standard InChI is InChI=1S/C23H26N2O/c1-25(16-15-24)17-22-9-5-6-10-23(22)26-18-19-11-13-21(14-12-19)20-7-3-2-4-8-20/h2-14H,15-18,24H2,1H3. The summed E-state index contributed by atoms with van der Waals surface area (Å²) in [5.41, 5.74) is 10.4. The zero-order valence-electron chi connectivity index (χ0n) is 15.3. The first kappa shape index (κ1) is 18.2.